The van der Waals surface area contributed by atoms with Crippen molar-refractivity contribution in [2.45, 2.75) is 77.3 Å². The normalized spacial score (nSPS) is 30.2. The number of hydrogen-bond acceptors (Lipinski definition) is 4. The van der Waals surface area contributed by atoms with Crippen LogP contribution in [0.15, 0.2) is 4.79 Å². The third kappa shape index (κ3) is 3.54. The first-order valence-electron chi connectivity index (χ1n) is 11.7. The van der Waals surface area contributed by atoms with E-state index < -0.39 is 0 Å². The molecule has 0 spiro atoms. The van der Waals surface area contributed by atoms with E-state index in [9.17, 15) is 9.59 Å². The average Bonchev–Trinajstić information content (AvgIpc) is 3.47. The summed E-state index contributed by atoms with van der Waals surface area (Å²) < 4.78 is 0. The molecule has 2 saturated carbocycles. The van der Waals surface area contributed by atoms with Crippen molar-refractivity contribution in [3.05, 3.63) is 27.4 Å². The smallest absolute Gasteiger partial charge is 0.255 e. The molecule has 3 heterocycles. The summed E-state index contributed by atoms with van der Waals surface area (Å²) in [6.45, 7) is 7.63. The number of piperidine rings is 1. The van der Waals surface area contributed by atoms with Crippen LogP contribution < -0.4 is 5.56 Å². The third-order valence-corrected chi connectivity index (χ3v) is 7.98. The van der Waals surface area contributed by atoms with Gasteiger partial charge in [0.15, 0.2) is 0 Å². The minimum absolute atomic E-state index is 0.0379. The summed E-state index contributed by atoms with van der Waals surface area (Å²) in [5.41, 5.74) is 1.87. The SMILES string of the molecule is CC(C)N1CCc2nc(C3CCN(C(=O)C4C5CCCCC54)CC3)[nH]c(=O)c2C1. The van der Waals surface area contributed by atoms with Crippen LogP contribution in [0, 0.1) is 17.8 Å². The van der Waals surface area contributed by atoms with E-state index in [-0.39, 0.29) is 11.5 Å². The van der Waals surface area contributed by atoms with Crippen molar-refractivity contribution in [3.63, 3.8) is 0 Å². The molecule has 1 amide bonds. The summed E-state index contributed by atoms with van der Waals surface area (Å²) in [5, 5.41) is 0. The molecule has 2 aliphatic heterocycles. The maximum Gasteiger partial charge on any atom is 0.255 e. The number of fused-ring (bicyclic) bond motifs is 2. The number of likely N-dealkylation sites (tertiary alicyclic amines) is 1. The number of aromatic amines is 1. The number of nitrogens with zero attached hydrogens (tertiary/aromatic N) is 3. The van der Waals surface area contributed by atoms with Gasteiger partial charge in [-0.15, -0.1) is 0 Å². The van der Waals surface area contributed by atoms with Crippen LogP contribution >= 0.6 is 0 Å². The maximum atomic E-state index is 12.9. The maximum absolute atomic E-state index is 12.9. The van der Waals surface area contributed by atoms with Crippen molar-refractivity contribution in [1.29, 1.82) is 0 Å². The fourth-order valence-corrected chi connectivity index (χ4v) is 6.04. The first-order valence-corrected chi connectivity index (χ1v) is 11.7. The predicted octanol–water partition coefficient (Wildman–Crippen LogP) is 2.68. The number of carbonyl (C=O) groups is 1. The second-order valence-corrected chi connectivity index (χ2v) is 9.93. The topological polar surface area (TPSA) is 69.3 Å². The van der Waals surface area contributed by atoms with Crippen LogP contribution in [0.5, 0.6) is 0 Å². The average molecular weight is 399 g/mol. The van der Waals surface area contributed by atoms with Crippen molar-refractivity contribution in [3.8, 4) is 0 Å². The van der Waals surface area contributed by atoms with Gasteiger partial charge in [0.2, 0.25) is 5.91 Å². The Bertz CT molecular complexity index is 828. The summed E-state index contributed by atoms with van der Waals surface area (Å²) in [4.78, 5) is 38.1. The van der Waals surface area contributed by atoms with E-state index in [0.29, 0.717) is 36.2 Å². The first-order chi connectivity index (χ1) is 14.0. The molecule has 1 aromatic rings. The standard InChI is InChI=1S/C23H34N4O2/c1-14(2)27-12-9-19-18(13-27)22(28)25-21(24-19)15-7-10-26(11-8-15)23(29)20-16-5-3-4-6-17(16)20/h14-17,20H,3-13H2,1-2H3,(H,24,25,28). The van der Waals surface area contributed by atoms with Crippen LogP contribution in [-0.2, 0) is 17.8 Å². The molecule has 2 unspecified atom stereocenters. The van der Waals surface area contributed by atoms with Gasteiger partial charge in [-0.2, -0.15) is 0 Å². The van der Waals surface area contributed by atoms with Gasteiger partial charge >= 0.3 is 0 Å². The van der Waals surface area contributed by atoms with Crippen LogP contribution in [0.2, 0.25) is 0 Å². The van der Waals surface area contributed by atoms with E-state index >= 15 is 0 Å². The number of hydrogen-bond donors (Lipinski definition) is 1. The van der Waals surface area contributed by atoms with Gasteiger partial charge in [0, 0.05) is 50.5 Å². The molecule has 2 atom stereocenters. The molecule has 6 nitrogen and oxygen atoms in total. The molecule has 2 aliphatic carbocycles. The lowest BCUT2D eigenvalue weighted by atomic mass is 9.94. The van der Waals surface area contributed by atoms with Gasteiger partial charge in [-0.1, -0.05) is 12.8 Å². The van der Waals surface area contributed by atoms with E-state index in [1.807, 2.05) is 0 Å². The van der Waals surface area contributed by atoms with E-state index in [4.69, 9.17) is 4.98 Å². The molecule has 0 radical (unpaired) electrons. The van der Waals surface area contributed by atoms with Crippen molar-refractivity contribution >= 4 is 5.91 Å². The quantitative estimate of drug-likeness (QED) is 0.850. The molecule has 0 aromatic carbocycles. The molecule has 5 rings (SSSR count). The van der Waals surface area contributed by atoms with Gasteiger partial charge in [0.05, 0.1) is 11.3 Å². The molecule has 29 heavy (non-hydrogen) atoms. The Kier molecular flexibility index (Phi) is 5.01. The van der Waals surface area contributed by atoms with Crippen molar-refractivity contribution in [1.82, 2.24) is 19.8 Å². The van der Waals surface area contributed by atoms with E-state index in [1.54, 1.807) is 0 Å². The Balaban J connectivity index is 1.23. The van der Waals surface area contributed by atoms with Gasteiger partial charge in [0.25, 0.3) is 5.56 Å². The highest BCUT2D eigenvalue weighted by molar-refractivity contribution is 5.82. The van der Waals surface area contributed by atoms with E-state index in [0.717, 1.165) is 56.0 Å². The lowest BCUT2D eigenvalue weighted by molar-refractivity contribution is -0.134. The van der Waals surface area contributed by atoms with Crippen LogP contribution in [0.4, 0.5) is 0 Å². The number of nitrogens with one attached hydrogen (secondary N) is 1. The van der Waals surface area contributed by atoms with Crippen LogP contribution in [0.1, 0.15) is 75.4 Å². The lowest BCUT2D eigenvalue weighted by Gasteiger charge is -2.33. The van der Waals surface area contributed by atoms with Crippen molar-refractivity contribution < 1.29 is 4.79 Å². The minimum atomic E-state index is 0.0379. The molecule has 0 bridgehead atoms. The van der Waals surface area contributed by atoms with Crippen LogP contribution in [-0.4, -0.2) is 51.4 Å². The second-order valence-electron chi connectivity index (χ2n) is 9.93. The Morgan fingerprint density at radius 2 is 1.76 bits per heavy atom. The molecule has 1 aromatic heterocycles. The summed E-state index contributed by atoms with van der Waals surface area (Å²) in [5.74, 6) is 3.19. The second kappa shape index (κ2) is 7.53. The van der Waals surface area contributed by atoms with Crippen LogP contribution in [0.3, 0.4) is 0 Å². The fourth-order valence-electron chi connectivity index (χ4n) is 6.04. The molecule has 1 saturated heterocycles. The lowest BCUT2D eigenvalue weighted by Crippen LogP contribution is -2.41. The number of carbonyl (C=O) groups excluding carboxylic acids is 1. The zero-order chi connectivity index (χ0) is 20.1. The first kappa shape index (κ1) is 19.3. The molecular formula is C23H34N4O2. The molecule has 4 aliphatic rings. The summed E-state index contributed by atoms with van der Waals surface area (Å²) in [6, 6.07) is 0.444. The Hall–Kier alpha value is -1.69. The molecular weight excluding hydrogens is 364 g/mol. The Morgan fingerprint density at radius 3 is 2.41 bits per heavy atom. The number of H-pyrrole nitrogens is 1. The Labute approximate surface area is 173 Å². The minimum Gasteiger partial charge on any atom is -0.342 e. The number of rotatable bonds is 3. The largest absolute Gasteiger partial charge is 0.342 e. The van der Waals surface area contributed by atoms with E-state index in [1.165, 1.54) is 25.7 Å². The molecule has 3 fully saturated rings. The number of amides is 1. The summed E-state index contributed by atoms with van der Waals surface area (Å²) >= 11 is 0. The van der Waals surface area contributed by atoms with Gasteiger partial charge in [-0.3, -0.25) is 14.5 Å². The van der Waals surface area contributed by atoms with Crippen molar-refractivity contribution in [2.24, 2.45) is 17.8 Å². The highest BCUT2D eigenvalue weighted by Gasteiger charge is 2.55. The zero-order valence-electron chi connectivity index (χ0n) is 17.8. The number of aromatic nitrogens is 2. The monoisotopic (exact) mass is 398 g/mol. The van der Waals surface area contributed by atoms with Gasteiger partial charge in [-0.05, 0) is 51.4 Å². The summed E-state index contributed by atoms with van der Waals surface area (Å²) in [7, 11) is 0. The van der Waals surface area contributed by atoms with Gasteiger partial charge < -0.3 is 9.88 Å². The fraction of sp³-hybridized carbons (Fsp3) is 0.783. The Morgan fingerprint density at radius 1 is 1.07 bits per heavy atom. The van der Waals surface area contributed by atoms with Gasteiger partial charge in [-0.25, -0.2) is 4.98 Å². The highest BCUT2D eigenvalue weighted by Crippen LogP contribution is 2.56. The highest BCUT2D eigenvalue weighted by atomic mass is 16.2. The molecule has 1 N–H and O–H groups in total. The summed E-state index contributed by atoms with van der Waals surface area (Å²) in [6.07, 6.45) is 7.80. The van der Waals surface area contributed by atoms with Crippen molar-refractivity contribution in [2.75, 3.05) is 19.6 Å². The molecule has 158 valence electrons. The van der Waals surface area contributed by atoms with Crippen LogP contribution in [0.25, 0.3) is 0 Å². The van der Waals surface area contributed by atoms with E-state index in [2.05, 4.69) is 28.6 Å². The van der Waals surface area contributed by atoms with Gasteiger partial charge in [0.1, 0.15) is 5.82 Å². The predicted molar refractivity (Wildman–Crippen MR) is 112 cm³/mol. The molecule has 6 heteroatoms. The third-order valence-electron chi connectivity index (χ3n) is 7.98. The zero-order valence-corrected chi connectivity index (χ0v) is 17.8.